The van der Waals surface area contributed by atoms with Crippen LogP contribution in [0.5, 0.6) is 5.88 Å². The van der Waals surface area contributed by atoms with Gasteiger partial charge >= 0.3 is 0 Å². The third kappa shape index (κ3) is 2.62. The summed E-state index contributed by atoms with van der Waals surface area (Å²) in [5.41, 5.74) is 2.70. The summed E-state index contributed by atoms with van der Waals surface area (Å²) in [6.07, 6.45) is 0.885. The highest BCUT2D eigenvalue weighted by Crippen LogP contribution is 2.21. The van der Waals surface area contributed by atoms with Crippen molar-refractivity contribution in [2.75, 3.05) is 19.5 Å². The van der Waals surface area contributed by atoms with E-state index in [1.807, 2.05) is 14.0 Å². The van der Waals surface area contributed by atoms with E-state index in [1.165, 1.54) is 0 Å². The van der Waals surface area contributed by atoms with E-state index in [1.54, 1.807) is 19.2 Å². The molecule has 0 fully saturated rings. The normalized spacial score (nSPS) is 10.3. The zero-order valence-corrected chi connectivity index (χ0v) is 11.6. The Kier molecular flexibility index (Phi) is 3.89. The van der Waals surface area contributed by atoms with Crippen LogP contribution in [0, 0.1) is 6.92 Å². The van der Waals surface area contributed by atoms with Crippen LogP contribution in [-0.4, -0.2) is 34.3 Å². The summed E-state index contributed by atoms with van der Waals surface area (Å²) in [5, 5.41) is 11.1. The van der Waals surface area contributed by atoms with Crippen molar-refractivity contribution >= 4 is 5.82 Å². The monoisotopic (exact) mass is 259 g/mol. The Morgan fingerprint density at radius 3 is 2.53 bits per heavy atom. The fraction of sp³-hybridized carbons (Fsp3) is 0.385. The fourth-order valence-corrected chi connectivity index (χ4v) is 1.89. The molecule has 6 nitrogen and oxygen atoms in total. The number of hydrogen-bond donors (Lipinski definition) is 1. The largest absolute Gasteiger partial charge is 0.480 e. The number of ether oxygens (including phenoxy) is 1. The van der Waals surface area contributed by atoms with Crippen LogP contribution in [-0.2, 0) is 6.42 Å². The fourth-order valence-electron chi connectivity index (χ4n) is 1.89. The van der Waals surface area contributed by atoms with E-state index >= 15 is 0 Å². The van der Waals surface area contributed by atoms with E-state index in [-0.39, 0.29) is 0 Å². The summed E-state index contributed by atoms with van der Waals surface area (Å²) in [6.45, 7) is 4.06. The smallest absolute Gasteiger partial charge is 0.233 e. The molecule has 19 heavy (non-hydrogen) atoms. The molecule has 0 spiro atoms. The molecule has 0 radical (unpaired) electrons. The highest BCUT2D eigenvalue weighted by atomic mass is 16.5. The van der Waals surface area contributed by atoms with Gasteiger partial charge in [-0.3, -0.25) is 0 Å². The van der Waals surface area contributed by atoms with Crippen LogP contribution in [0.15, 0.2) is 12.1 Å². The van der Waals surface area contributed by atoms with Gasteiger partial charge in [0.05, 0.1) is 7.11 Å². The second kappa shape index (κ2) is 5.60. The van der Waals surface area contributed by atoms with E-state index in [9.17, 15) is 0 Å². The Hall–Kier alpha value is -2.24. The summed E-state index contributed by atoms with van der Waals surface area (Å²) in [7, 11) is 3.41. The number of hydrogen-bond acceptors (Lipinski definition) is 6. The lowest BCUT2D eigenvalue weighted by Gasteiger charge is -2.11. The first-order valence-corrected chi connectivity index (χ1v) is 6.13. The maximum Gasteiger partial charge on any atom is 0.233 e. The summed E-state index contributed by atoms with van der Waals surface area (Å²) in [6, 6.07) is 3.54. The number of nitrogens with zero attached hydrogens (tertiary/aromatic N) is 4. The molecule has 0 atom stereocenters. The zero-order valence-electron chi connectivity index (χ0n) is 11.6. The standard InChI is InChI=1S/C13H17N5O/c1-5-9-8(2)15-13(16-12(9)14-3)10-6-7-11(19-4)18-17-10/h6-7H,5H2,1-4H3,(H,14,15,16). The molecule has 2 aromatic rings. The van der Waals surface area contributed by atoms with Crippen molar-refractivity contribution < 1.29 is 4.74 Å². The average Bonchev–Trinajstić information content (AvgIpc) is 2.46. The number of rotatable bonds is 4. The van der Waals surface area contributed by atoms with Crippen LogP contribution in [0.1, 0.15) is 18.2 Å². The van der Waals surface area contributed by atoms with E-state index in [4.69, 9.17) is 4.74 Å². The van der Waals surface area contributed by atoms with Gasteiger partial charge in [-0.25, -0.2) is 9.97 Å². The summed E-state index contributed by atoms with van der Waals surface area (Å²) < 4.78 is 4.98. The second-order valence-electron chi connectivity index (χ2n) is 4.02. The minimum Gasteiger partial charge on any atom is -0.480 e. The van der Waals surface area contributed by atoms with E-state index in [0.717, 1.165) is 23.5 Å². The average molecular weight is 259 g/mol. The van der Waals surface area contributed by atoms with Gasteiger partial charge in [0.15, 0.2) is 5.82 Å². The van der Waals surface area contributed by atoms with Crippen LogP contribution in [0.25, 0.3) is 11.5 Å². The lowest BCUT2D eigenvalue weighted by Crippen LogP contribution is -2.06. The molecule has 0 saturated carbocycles. The Labute approximate surface area is 112 Å². The van der Waals surface area contributed by atoms with Gasteiger partial charge in [0.1, 0.15) is 11.5 Å². The third-order valence-electron chi connectivity index (χ3n) is 2.88. The van der Waals surface area contributed by atoms with E-state index in [0.29, 0.717) is 17.4 Å². The Bertz CT molecular complexity index is 568. The lowest BCUT2D eigenvalue weighted by molar-refractivity contribution is 0.392. The molecule has 2 aromatic heterocycles. The predicted octanol–water partition coefficient (Wildman–Crippen LogP) is 1.85. The van der Waals surface area contributed by atoms with Crippen molar-refractivity contribution in [2.24, 2.45) is 0 Å². The molecule has 0 aliphatic heterocycles. The summed E-state index contributed by atoms with van der Waals surface area (Å²) in [4.78, 5) is 8.97. The molecule has 0 aliphatic carbocycles. The molecule has 0 amide bonds. The van der Waals surface area contributed by atoms with Crippen molar-refractivity contribution in [2.45, 2.75) is 20.3 Å². The highest BCUT2D eigenvalue weighted by molar-refractivity contribution is 5.56. The molecule has 0 aliphatic rings. The molecule has 1 N–H and O–H groups in total. The number of methoxy groups -OCH3 is 1. The Morgan fingerprint density at radius 2 is 2.00 bits per heavy atom. The number of nitrogens with one attached hydrogen (secondary N) is 1. The SMILES string of the molecule is CCc1c(C)nc(-c2ccc(OC)nn2)nc1NC. The van der Waals surface area contributed by atoms with Crippen molar-refractivity contribution in [1.82, 2.24) is 20.2 Å². The summed E-state index contributed by atoms with van der Waals surface area (Å²) in [5.74, 6) is 1.87. The van der Waals surface area contributed by atoms with Gasteiger partial charge in [-0.2, -0.15) is 0 Å². The highest BCUT2D eigenvalue weighted by Gasteiger charge is 2.11. The van der Waals surface area contributed by atoms with Crippen LogP contribution < -0.4 is 10.1 Å². The Morgan fingerprint density at radius 1 is 1.21 bits per heavy atom. The first-order chi connectivity index (χ1) is 9.19. The van der Waals surface area contributed by atoms with Crippen LogP contribution in [0.4, 0.5) is 5.82 Å². The zero-order chi connectivity index (χ0) is 13.8. The van der Waals surface area contributed by atoms with Gasteiger partial charge in [-0.1, -0.05) is 6.92 Å². The van der Waals surface area contributed by atoms with E-state index < -0.39 is 0 Å². The van der Waals surface area contributed by atoms with Crippen molar-refractivity contribution in [3.63, 3.8) is 0 Å². The number of aryl methyl sites for hydroxylation is 1. The number of anilines is 1. The second-order valence-corrected chi connectivity index (χ2v) is 4.02. The van der Waals surface area contributed by atoms with Crippen molar-refractivity contribution in [1.29, 1.82) is 0 Å². The van der Waals surface area contributed by atoms with E-state index in [2.05, 4.69) is 32.4 Å². The minimum atomic E-state index is 0.472. The maximum absolute atomic E-state index is 4.98. The van der Waals surface area contributed by atoms with Crippen LogP contribution in [0.2, 0.25) is 0 Å². The molecule has 100 valence electrons. The molecular formula is C13H17N5O. The van der Waals surface area contributed by atoms with Crippen molar-refractivity contribution in [3.05, 3.63) is 23.4 Å². The van der Waals surface area contributed by atoms with Gasteiger partial charge in [0, 0.05) is 24.4 Å². The molecule has 0 aromatic carbocycles. The van der Waals surface area contributed by atoms with Gasteiger partial charge in [-0.05, 0) is 19.4 Å². The Balaban J connectivity index is 2.47. The van der Waals surface area contributed by atoms with Gasteiger partial charge in [0.2, 0.25) is 5.88 Å². The number of aromatic nitrogens is 4. The van der Waals surface area contributed by atoms with Gasteiger partial charge < -0.3 is 10.1 Å². The maximum atomic E-state index is 4.98. The lowest BCUT2D eigenvalue weighted by atomic mass is 10.1. The third-order valence-corrected chi connectivity index (χ3v) is 2.88. The van der Waals surface area contributed by atoms with Crippen LogP contribution in [0.3, 0.4) is 0 Å². The minimum absolute atomic E-state index is 0.472. The molecule has 2 rings (SSSR count). The quantitative estimate of drug-likeness (QED) is 0.903. The van der Waals surface area contributed by atoms with Gasteiger partial charge in [0.25, 0.3) is 0 Å². The molecule has 2 heterocycles. The predicted molar refractivity (Wildman–Crippen MR) is 73.3 cm³/mol. The molecule has 0 saturated heterocycles. The van der Waals surface area contributed by atoms with Crippen molar-refractivity contribution in [3.8, 4) is 17.4 Å². The first-order valence-electron chi connectivity index (χ1n) is 6.13. The van der Waals surface area contributed by atoms with Gasteiger partial charge in [-0.15, -0.1) is 10.2 Å². The molecule has 0 bridgehead atoms. The topological polar surface area (TPSA) is 72.8 Å². The molecule has 0 unspecified atom stereocenters. The molecule has 6 heteroatoms. The van der Waals surface area contributed by atoms with Crippen LogP contribution >= 0.6 is 0 Å². The first kappa shape index (κ1) is 13.2. The molecular weight excluding hydrogens is 242 g/mol. The summed E-state index contributed by atoms with van der Waals surface area (Å²) >= 11 is 0.